The molecule has 0 saturated heterocycles. The van der Waals surface area contributed by atoms with E-state index in [1.165, 1.54) is 6.92 Å². The zero-order valence-electron chi connectivity index (χ0n) is 13.8. The Morgan fingerprint density at radius 2 is 1.84 bits per heavy atom. The third-order valence-corrected chi connectivity index (χ3v) is 5.30. The predicted molar refractivity (Wildman–Crippen MR) is 92.6 cm³/mol. The Morgan fingerprint density at radius 1 is 1.20 bits per heavy atom. The van der Waals surface area contributed by atoms with E-state index < -0.39 is 20.9 Å². The lowest BCUT2D eigenvalue weighted by Gasteiger charge is -2.13. The van der Waals surface area contributed by atoms with Crippen LogP contribution in [0, 0.1) is 17.0 Å². The molecular weight excluding hydrogens is 344 g/mol. The molecule has 7 nitrogen and oxygen atoms in total. The molecule has 2 rings (SSSR count). The summed E-state index contributed by atoms with van der Waals surface area (Å²) in [6.07, 6.45) is 0.00920. The van der Waals surface area contributed by atoms with E-state index in [0.29, 0.717) is 0 Å². The summed E-state index contributed by atoms with van der Waals surface area (Å²) in [4.78, 5) is 22.1. The van der Waals surface area contributed by atoms with E-state index in [-0.39, 0.29) is 28.5 Å². The van der Waals surface area contributed by atoms with E-state index in [4.69, 9.17) is 0 Å². The van der Waals surface area contributed by atoms with E-state index in [1.54, 1.807) is 0 Å². The van der Waals surface area contributed by atoms with Crippen molar-refractivity contribution in [3.05, 3.63) is 69.8 Å². The molecule has 0 radical (unpaired) electrons. The Kier molecular flexibility index (Phi) is 5.53. The van der Waals surface area contributed by atoms with Crippen LogP contribution in [0.15, 0.2) is 53.4 Å². The SMILES string of the molecule is Cc1cc([N+](=O)[O-])ccc1S(=O)(=O)NC(=O)CC(C)c1ccccc1. The number of carbonyl (C=O) groups is 1. The number of nitrogens with zero attached hydrogens (tertiary/aromatic N) is 1. The molecule has 0 aliphatic rings. The van der Waals surface area contributed by atoms with E-state index in [9.17, 15) is 23.3 Å². The molecule has 1 unspecified atom stereocenters. The Bertz CT molecular complexity index is 895. The molecule has 0 saturated carbocycles. The fourth-order valence-electron chi connectivity index (χ4n) is 2.47. The first-order valence-corrected chi connectivity index (χ1v) is 9.04. The van der Waals surface area contributed by atoms with Crippen LogP contribution in [0.5, 0.6) is 0 Å². The summed E-state index contributed by atoms with van der Waals surface area (Å²) in [7, 11) is -4.08. The number of hydrogen-bond acceptors (Lipinski definition) is 5. The second-order valence-corrected chi connectivity index (χ2v) is 7.40. The summed E-state index contributed by atoms with van der Waals surface area (Å²) in [6.45, 7) is 3.28. The molecule has 2 aromatic rings. The van der Waals surface area contributed by atoms with Gasteiger partial charge >= 0.3 is 0 Å². The number of benzene rings is 2. The largest absolute Gasteiger partial charge is 0.274 e. The molecular formula is C17H18N2O5S. The average molecular weight is 362 g/mol. The number of non-ortho nitro benzene ring substituents is 1. The van der Waals surface area contributed by atoms with Crippen molar-refractivity contribution in [3.8, 4) is 0 Å². The van der Waals surface area contributed by atoms with Gasteiger partial charge in [0.2, 0.25) is 5.91 Å². The number of nitro groups is 1. The van der Waals surface area contributed by atoms with Crippen LogP contribution < -0.4 is 4.72 Å². The summed E-state index contributed by atoms with van der Waals surface area (Å²) >= 11 is 0. The Hall–Kier alpha value is -2.74. The Morgan fingerprint density at radius 3 is 2.40 bits per heavy atom. The normalized spacial score (nSPS) is 12.4. The van der Waals surface area contributed by atoms with Gasteiger partial charge in [0.05, 0.1) is 9.82 Å². The summed E-state index contributed by atoms with van der Waals surface area (Å²) in [5.41, 5.74) is 0.924. The highest BCUT2D eigenvalue weighted by atomic mass is 32.2. The molecule has 0 heterocycles. The van der Waals surface area contributed by atoms with Gasteiger partial charge in [0.15, 0.2) is 0 Å². The lowest BCUT2D eigenvalue weighted by atomic mass is 9.98. The smallest absolute Gasteiger partial charge is 0.269 e. The van der Waals surface area contributed by atoms with Crippen LogP contribution in [0.4, 0.5) is 5.69 Å². The molecule has 0 fully saturated rings. The summed E-state index contributed by atoms with van der Waals surface area (Å²) in [5, 5.41) is 10.7. The fourth-order valence-corrected chi connectivity index (χ4v) is 3.70. The van der Waals surface area contributed by atoms with Gasteiger partial charge in [-0.2, -0.15) is 0 Å². The maximum atomic E-state index is 12.4. The van der Waals surface area contributed by atoms with Gasteiger partial charge in [0.1, 0.15) is 0 Å². The molecule has 132 valence electrons. The first-order valence-electron chi connectivity index (χ1n) is 7.56. The number of hydrogen-bond donors (Lipinski definition) is 1. The van der Waals surface area contributed by atoms with Gasteiger partial charge in [-0.1, -0.05) is 37.3 Å². The first-order chi connectivity index (χ1) is 11.7. The van der Waals surface area contributed by atoms with Crippen LogP contribution >= 0.6 is 0 Å². The highest BCUT2D eigenvalue weighted by molar-refractivity contribution is 7.90. The van der Waals surface area contributed by atoms with Gasteiger partial charge in [-0.15, -0.1) is 0 Å². The molecule has 0 bridgehead atoms. The van der Waals surface area contributed by atoms with E-state index in [1.807, 2.05) is 42.0 Å². The summed E-state index contributed by atoms with van der Waals surface area (Å²) in [6, 6.07) is 12.7. The van der Waals surface area contributed by atoms with Gasteiger partial charge in [0.25, 0.3) is 15.7 Å². The van der Waals surface area contributed by atoms with Crippen LogP contribution in [-0.2, 0) is 14.8 Å². The van der Waals surface area contributed by atoms with Crippen LogP contribution in [0.3, 0.4) is 0 Å². The van der Waals surface area contributed by atoms with Crippen molar-refractivity contribution < 1.29 is 18.1 Å². The van der Waals surface area contributed by atoms with Gasteiger partial charge in [-0.05, 0) is 30.0 Å². The highest BCUT2D eigenvalue weighted by Crippen LogP contribution is 2.22. The van der Waals surface area contributed by atoms with E-state index in [2.05, 4.69) is 0 Å². The summed E-state index contributed by atoms with van der Waals surface area (Å²) in [5.74, 6) is -0.775. The minimum Gasteiger partial charge on any atom is -0.274 e. The fraction of sp³-hybridized carbons (Fsp3) is 0.235. The van der Waals surface area contributed by atoms with Crippen LogP contribution in [0.2, 0.25) is 0 Å². The van der Waals surface area contributed by atoms with Gasteiger partial charge < -0.3 is 0 Å². The summed E-state index contributed by atoms with van der Waals surface area (Å²) < 4.78 is 26.7. The van der Waals surface area contributed by atoms with Gasteiger partial charge in [0, 0.05) is 18.6 Å². The van der Waals surface area contributed by atoms with E-state index in [0.717, 1.165) is 23.8 Å². The Labute approximate surface area is 145 Å². The third-order valence-electron chi connectivity index (χ3n) is 3.77. The predicted octanol–water partition coefficient (Wildman–Crippen LogP) is 2.90. The molecule has 0 aliphatic heterocycles. The van der Waals surface area contributed by atoms with E-state index >= 15 is 0 Å². The zero-order chi connectivity index (χ0) is 18.6. The third kappa shape index (κ3) is 4.63. The van der Waals surface area contributed by atoms with Crippen LogP contribution in [0.25, 0.3) is 0 Å². The molecule has 8 heteroatoms. The Balaban J connectivity index is 2.13. The van der Waals surface area contributed by atoms with Gasteiger partial charge in [-0.3, -0.25) is 14.9 Å². The highest BCUT2D eigenvalue weighted by Gasteiger charge is 2.22. The molecule has 0 aromatic heterocycles. The first kappa shape index (κ1) is 18.6. The maximum absolute atomic E-state index is 12.4. The number of amides is 1. The molecule has 1 amide bonds. The molecule has 2 aromatic carbocycles. The minimum absolute atomic E-state index is 0.00920. The van der Waals surface area contributed by atoms with Gasteiger partial charge in [-0.25, -0.2) is 13.1 Å². The zero-order valence-corrected chi connectivity index (χ0v) is 14.6. The lowest BCUT2D eigenvalue weighted by molar-refractivity contribution is -0.385. The molecule has 0 spiro atoms. The quantitative estimate of drug-likeness (QED) is 0.628. The lowest BCUT2D eigenvalue weighted by Crippen LogP contribution is -2.31. The number of sulfonamides is 1. The van der Waals surface area contributed by atoms with Crippen molar-refractivity contribution in [2.45, 2.75) is 31.1 Å². The molecule has 0 aliphatic carbocycles. The minimum atomic E-state index is -4.08. The topological polar surface area (TPSA) is 106 Å². The standard InChI is InChI=1S/C17H18N2O5S/c1-12(14-6-4-3-5-7-14)11-17(20)18-25(23,24)16-9-8-15(19(21)22)10-13(16)2/h3-10,12H,11H2,1-2H3,(H,18,20). The van der Waals surface area contributed by atoms with Crippen molar-refractivity contribution in [2.75, 3.05) is 0 Å². The maximum Gasteiger partial charge on any atom is 0.269 e. The second-order valence-electron chi connectivity index (χ2n) is 5.75. The van der Waals surface area contributed by atoms with Crippen molar-refractivity contribution in [1.82, 2.24) is 4.72 Å². The number of carbonyl (C=O) groups excluding carboxylic acids is 1. The molecule has 25 heavy (non-hydrogen) atoms. The molecule has 1 atom stereocenters. The van der Waals surface area contributed by atoms with Crippen molar-refractivity contribution in [2.24, 2.45) is 0 Å². The number of nitrogens with one attached hydrogen (secondary N) is 1. The van der Waals surface area contributed by atoms with Crippen molar-refractivity contribution >= 4 is 21.6 Å². The molecule has 1 N–H and O–H groups in total. The number of aryl methyl sites for hydroxylation is 1. The second kappa shape index (κ2) is 7.43. The van der Waals surface area contributed by atoms with Crippen molar-refractivity contribution in [3.63, 3.8) is 0 Å². The number of rotatable bonds is 6. The average Bonchev–Trinajstić information content (AvgIpc) is 2.54. The monoisotopic (exact) mass is 362 g/mol. The van der Waals surface area contributed by atoms with Crippen LogP contribution in [0.1, 0.15) is 30.4 Å². The van der Waals surface area contributed by atoms with Crippen LogP contribution in [-0.4, -0.2) is 19.2 Å². The van der Waals surface area contributed by atoms with Crippen molar-refractivity contribution in [1.29, 1.82) is 0 Å². The number of nitro benzene ring substituents is 1.